The lowest BCUT2D eigenvalue weighted by Gasteiger charge is -2.39. The van der Waals surface area contributed by atoms with E-state index >= 15 is 0 Å². The summed E-state index contributed by atoms with van der Waals surface area (Å²) in [5.41, 5.74) is 12.2. The van der Waals surface area contributed by atoms with Crippen molar-refractivity contribution in [1.29, 1.82) is 0 Å². The summed E-state index contributed by atoms with van der Waals surface area (Å²) in [6, 6.07) is -0.924. The van der Waals surface area contributed by atoms with Gasteiger partial charge in [0.25, 0.3) is 0 Å². The summed E-state index contributed by atoms with van der Waals surface area (Å²) in [5, 5.41) is 12.4. The third kappa shape index (κ3) is 4.40. The molecule has 2 aliphatic rings. The molecular formula is C23H26N4O3S. The molecule has 0 atom stereocenters. The highest BCUT2D eigenvalue weighted by Gasteiger charge is 2.41. The molecule has 1 N–H and O–H groups in total. The Morgan fingerprint density at radius 3 is 2.32 bits per heavy atom. The smallest absolute Gasteiger partial charge is 0.335 e. The Morgan fingerprint density at radius 1 is 1.10 bits per heavy atom. The number of hydrogen-bond donors (Lipinski definition) is 1. The van der Waals surface area contributed by atoms with Gasteiger partial charge in [-0.3, -0.25) is 4.79 Å². The predicted octanol–water partition coefficient (Wildman–Crippen LogP) is 6.52. The number of thiophene rings is 1. The van der Waals surface area contributed by atoms with Crippen LogP contribution >= 0.6 is 11.3 Å². The number of allylic oxidation sites excluding steroid dienone is 4. The number of carbonyl (C=O) groups is 2. The summed E-state index contributed by atoms with van der Waals surface area (Å²) in [5.74, 6) is -1.01. The van der Waals surface area contributed by atoms with Gasteiger partial charge in [0.1, 0.15) is 0 Å². The number of azide groups is 1. The normalized spacial score (nSPS) is 19.5. The lowest BCUT2D eigenvalue weighted by molar-refractivity contribution is -0.132. The van der Waals surface area contributed by atoms with Gasteiger partial charge in [-0.1, -0.05) is 45.9 Å². The van der Waals surface area contributed by atoms with E-state index in [0.29, 0.717) is 17.7 Å². The molecule has 1 heterocycles. The van der Waals surface area contributed by atoms with E-state index in [2.05, 4.69) is 42.7 Å². The highest BCUT2D eigenvalue weighted by atomic mass is 32.1. The highest BCUT2D eigenvalue weighted by Crippen LogP contribution is 2.51. The van der Waals surface area contributed by atoms with Crippen molar-refractivity contribution in [2.24, 2.45) is 10.1 Å². The minimum atomic E-state index is -1.01. The fraction of sp³-hybridized carbons (Fsp3) is 0.435. The molecule has 31 heavy (non-hydrogen) atoms. The minimum Gasteiger partial charge on any atom is -0.478 e. The standard InChI is InChI=1S/C23H26N4O3S/c1-13-16-19(23(4,5)12-11-22(16,2)3)31-18(13)17(25-21(30)26-27-24)14-7-6-8-15(10-9-14)20(28)29/h7-10H,6,11-12H2,1-5H3,(H,28,29)/b25-17+. The number of urea groups is 1. The Morgan fingerprint density at radius 2 is 1.71 bits per heavy atom. The van der Waals surface area contributed by atoms with Crippen LogP contribution in [0, 0.1) is 6.92 Å². The maximum Gasteiger partial charge on any atom is 0.335 e. The van der Waals surface area contributed by atoms with Crippen molar-refractivity contribution in [2.75, 3.05) is 0 Å². The van der Waals surface area contributed by atoms with Crippen LogP contribution in [0.25, 0.3) is 10.4 Å². The molecule has 0 bridgehead atoms. The van der Waals surface area contributed by atoms with Crippen molar-refractivity contribution in [3.63, 3.8) is 0 Å². The summed E-state index contributed by atoms with van der Waals surface area (Å²) < 4.78 is 0. The zero-order valence-electron chi connectivity index (χ0n) is 18.4. The van der Waals surface area contributed by atoms with Crippen LogP contribution in [0.4, 0.5) is 4.79 Å². The van der Waals surface area contributed by atoms with Crippen molar-refractivity contribution < 1.29 is 14.7 Å². The Hall–Kier alpha value is -2.96. The first-order chi connectivity index (χ1) is 14.5. The molecule has 2 amide bonds. The van der Waals surface area contributed by atoms with Crippen molar-refractivity contribution in [3.8, 4) is 0 Å². The molecule has 162 valence electrons. The topological polar surface area (TPSA) is 115 Å². The summed E-state index contributed by atoms with van der Waals surface area (Å²) >= 11 is 1.62. The van der Waals surface area contributed by atoms with E-state index in [0.717, 1.165) is 23.3 Å². The summed E-state index contributed by atoms with van der Waals surface area (Å²) in [6.07, 6.45) is 9.11. The van der Waals surface area contributed by atoms with Gasteiger partial charge in [0, 0.05) is 14.9 Å². The largest absolute Gasteiger partial charge is 0.478 e. The lowest BCUT2D eigenvalue weighted by Crippen LogP contribution is -2.32. The lowest BCUT2D eigenvalue weighted by atomic mass is 9.66. The molecule has 0 saturated carbocycles. The first-order valence-corrected chi connectivity index (χ1v) is 10.9. The van der Waals surface area contributed by atoms with E-state index in [-0.39, 0.29) is 16.4 Å². The number of carboxylic acids is 1. The third-order valence-corrected chi connectivity index (χ3v) is 7.67. The maximum atomic E-state index is 12.2. The van der Waals surface area contributed by atoms with Gasteiger partial charge in [0.2, 0.25) is 0 Å². The van der Waals surface area contributed by atoms with Gasteiger partial charge in [-0.2, -0.15) is 0 Å². The second-order valence-corrected chi connectivity index (χ2v) is 10.2. The minimum absolute atomic E-state index is 0.00413. The molecule has 7 nitrogen and oxygen atoms in total. The number of hydrogen-bond acceptors (Lipinski definition) is 3. The van der Waals surface area contributed by atoms with E-state index in [1.807, 2.05) is 13.0 Å². The number of nitrogens with zero attached hydrogens (tertiary/aromatic N) is 4. The van der Waals surface area contributed by atoms with Gasteiger partial charge in [0.05, 0.1) is 16.2 Å². The van der Waals surface area contributed by atoms with Crippen LogP contribution in [-0.2, 0) is 15.6 Å². The quantitative estimate of drug-likeness (QED) is 0.250. The Balaban J connectivity index is 2.22. The molecule has 0 unspecified atom stereocenters. The second-order valence-electron chi connectivity index (χ2n) is 9.15. The first kappa shape index (κ1) is 22.7. The molecular weight excluding hydrogens is 412 g/mol. The predicted molar refractivity (Wildman–Crippen MR) is 123 cm³/mol. The second kappa shape index (κ2) is 8.29. The van der Waals surface area contributed by atoms with Crippen LogP contribution in [0.2, 0.25) is 0 Å². The van der Waals surface area contributed by atoms with Crippen molar-refractivity contribution in [3.05, 3.63) is 66.8 Å². The maximum absolute atomic E-state index is 12.2. The van der Waals surface area contributed by atoms with Gasteiger partial charge in [-0.15, -0.1) is 11.3 Å². The molecule has 3 rings (SSSR count). The summed E-state index contributed by atoms with van der Waals surface area (Å²) in [7, 11) is 0. The van der Waals surface area contributed by atoms with Gasteiger partial charge < -0.3 is 5.11 Å². The van der Waals surface area contributed by atoms with Gasteiger partial charge in [0.15, 0.2) is 0 Å². The molecule has 8 heteroatoms. The van der Waals surface area contributed by atoms with Crippen LogP contribution in [0.1, 0.15) is 67.8 Å². The van der Waals surface area contributed by atoms with E-state index in [4.69, 9.17) is 5.53 Å². The fourth-order valence-electron chi connectivity index (χ4n) is 4.26. The molecule has 1 aromatic rings. The molecule has 0 saturated heterocycles. The SMILES string of the molecule is Cc1c(/C(=N/C(=O)N=[N+]=[N-])C2=CCC=C(C(=O)O)C=C2)sc2c1C(C)(C)CCC2(C)C. The van der Waals surface area contributed by atoms with E-state index in [9.17, 15) is 14.7 Å². The summed E-state index contributed by atoms with van der Waals surface area (Å²) in [6.45, 7) is 11.0. The average Bonchev–Trinajstić information content (AvgIpc) is 2.87. The molecule has 0 aromatic carbocycles. The van der Waals surface area contributed by atoms with Crippen LogP contribution in [-0.4, -0.2) is 22.8 Å². The van der Waals surface area contributed by atoms with E-state index in [1.165, 1.54) is 16.5 Å². The molecule has 1 aromatic heterocycles. The number of rotatable bonds is 3. The van der Waals surface area contributed by atoms with Gasteiger partial charge in [-0.25, -0.2) is 9.79 Å². The third-order valence-electron chi connectivity index (χ3n) is 6.00. The zero-order valence-corrected chi connectivity index (χ0v) is 19.2. The molecule has 2 aliphatic carbocycles. The monoisotopic (exact) mass is 438 g/mol. The number of fused-ring (bicyclic) bond motifs is 1. The number of amides is 2. The van der Waals surface area contributed by atoms with Gasteiger partial charge in [-0.05, 0) is 65.3 Å². The van der Waals surface area contributed by atoms with Gasteiger partial charge >= 0.3 is 12.0 Å². The molecule has 0 radical (unpaired) electrons. The molecule has 0 aliphatic heterocycles. The Labute approximate surface area is 185 Å². The van der Waals surface area contributed by atoms with E-state index in [1.54, 1.807) is 23.5 Å². The van der Waals surface area contributed by atoms with Crippen LogP contribution in [0.5, 0.6) is 0 Å². The fourth-order valence-corrected chi connectivity index (χ4v) is 5.89. The average molecular weight is 439 g/mol. The van der Waals surface area contributed by atoms with Crippen LogP contribution in [0.3, 0.4) is 0 Å². The number of aliphatic imine (C=N–C) groups is 1. The molecule has 0 spiro atoms. The molecule has 0 fully saturated rings. The summed E-state index contributed by atoms with van der Waals surface area (Å²) in [4.78, 5) is 32.4. The van der Waals surface area contributed by atoms with Crippen molar-refractivity contribution >= 4 is 29.0 Å². The van der Waals surface area contributed by atoms with Crippen molar-refractivity contribution in [2.45, 2.75) is 64.7 Å². The van der Waals surface area contributed by atoms with E-state index < -0.39 is 12.0 Å². The highest BCUT2D eigenvalue weighted by molar-refractivity contribution is 7.15. The van der Waals surface area contributed by atoms with Crippen LogP contribution in [0.15, 0.2) is 45.6 Å². The van der Waals surface area contributed by atoms with Crippen molar-refractivity contribution in [1.82, 2.24) is 0 Å². The number of aliphatic carboxylic acids is 1. The zero-order chi connectivity index (χ0) is 23.0. The van der Waals surface area contributed by atoms with Crippen LogP contribution < -0.4 is 0 Å². The number of carboxylic acid groups (broad SMARTS) is 1. The number of carbonyl (C=O) groups excluding carboxylic acids is 1. The Kier molecular flexibility index (Phi) is 6.07. The Bertz CT molecular complexity index is 1130. The first-order valence-electron chi connectivity index (χ1n) is 10.1.